The maximum absolute atomic E-state index is 13.8. The smallest absolute Gasteiger partial charge is 0.201 e. The number of nitrogens with zero attached hydrogens (tertiary/aromatic N) is 3. The van der Waals surface area contributed by atoms with Gasteiger partial charge in [-0.1, -0.05) is 0 Å². The fourth-order valence-electron chi connectivity index (χ4n) is 3.24. The number of anilines is 1. The lowest BCUT2D eigenvalue weighted by Gasteiger charge is -2.17. The summed E-state index contributed by atoms with van der Waals surface area (Å²) in [6.07, 6.45) is 3.69. The van der Waals surface area contributed by atoms with Crippen molar-refractivity contribution in [3.05, 3.63) is 22.4 Å². The van der Waals surface area contributed by atoms with E-state index in [9.17, 15) is 4.39 Å². The van der Waals surface area contributed by atoms with Gasteiger partial charge in [0, 0.05) is 25.2 Å². The van der Waals surface area contributed by atoms with Gasteiger partial charge in [-0.25, -0.2) is 9.37 Å². The minimum absolute atomic E-state index is 0.268. The highest BCUT2D eigenvalue weighted by Crippen LogP contribution is 2.36. The minimum atomic E-state index is -0.268. The lowest BCUT2D eigenvalue weighted by Crippen LogP contribution is -2.24. The van der Waals surface area contributed by atoms with E-state index in [0.29, 0.717) is 16.5 Å². The van der Waals surface area contributed by atoms with E-state index in [1.807, 2.05) is 4.57 Å². The summed E-state index contributed by atoms with van der Waals surface area (Å²) in [5, 5.41) is 0. The van der Waals surface area contributed by atoms with Gasteiger partial charge in [-0.3, -0.25) is 4.90 Å². The number of imidazole rings is 1. The zero-order valence-electron chi connectivity index (χ0n) is 11.0. The van der Waals surface area contributed by atoms with E-state index in [2.05, 4.69) is 25.8 Å². The maximum Gasteiger partial charge on any atom is 0.201 e. The van der Waals surface area contributed by atoms with Crippen molar-refractivity contribution in [1.29, 1.82) is 0 Å². The molecule has 1 unspecified atom stereocenters. The average molecular weight is 339 g/mol. The summed E-state index contributed by atoms with van der Waals surface area (Å²) < 4.78 is 16.2. The highest BCUT2D eigenvalue weighted by molar-refractivity contribution is 9.10. The first-order chi connectivity index (χ1) is 9.63. The number of halogens is 2. The summed E-state index contributed by atoms with van der Waals surface area (Å²) in [6.45, 7) is 2.10. The molecule has 2 N–H and O–H groups in total. The number of rotatable bonds is 2. The molecule has 2 fully saturated rings. The van der Waals surface area contributed by atoms with E-state index in [1.165, 1.54) is 18.9 Å². The van der Waals surface area contributed by atoms with Crippen LogP contribution in [0.15, 0.2) is 16.6 Å². The molecule has 1 aliphatic carbocycles. The van der Waals surface area contributed by atoms with E-state index in [4.69, 9.17) is 5.73 Å². The maximum atomic E-state index is 13.8. The average Bonchev–Trinajstić information content (AvgIpc) is 3.06. The molecule has 0 spiro atoms. The van der Waals surface area contributed by atoms with Gasteiger partial charge in [0.1, 0.15) is 5.82 Å². The van der Waals surface area contributed by atoms with Crippen molar-refractivity contribution in [2.75, 3.05) is 18.8 Å². The van der Waals surface area contributed by atoms with Gasteiger partial charge in [0.2, 0.25) is 5.95 Å². The second-order valence-electron chi connectivity index (χ2n) is 5.76. The Morgan fingerprint density at radius 1 is 1.25 bits per heavy atom. The van der Waals surface area contributed by atoms with Gasteiger partial charge in [0.05, 0.1) is 21.5 Å². The molecule has 1 aromatic heterocycles. The van der Waals surface area contributed by atoms with Gasteiger partial charge in [-0.05, 0) is 41.3 Å². The number of nitrogens with two attached hydrogens (primary N) is 1. The molecule has 1 saturated heterocycles. The van der Waals surface area contributed by atoms with Crippen molar-refractivity contribution in [3.63, 3.8) is 0 Å². The van der Waals surface area contributed by atoms with E-state index >= 15 is 0 Å². The van der Waals surface area contributed by atoms with Gasteiger partial charge in [-0.2, -0.15) is 0 Å². The normalized spacial score (nSPS) is 23.8. The summed E-state index contributed by atoms with van der Waals surface area (Å²) in [5.41, 5.74) is 7.61. The molecule has 0 radical (unpaired) electrons. The lowest BCUT2D eigenvalue weighted by molar-refractivity contribution is 0.315. The number of nitrogen functional groups attached to an aromatic ring is 1. The highest BCUT2D eigenvalue weighted by atomic mass is 79.9. The summed E-state index contributed by atoms with van der Waals surface area (Å²) in [5.74, 6) is 0.218. The van der Waals surface area contributed by atoms with E-state index in [-0.39, 0.29) is 5.82 Å². The van der Waals surface area contributed by atoms with Crippen LogP contribution in [0.25, 0.3) is 11.0 Å². The fourth-order valence-corrected chi connectivity index (χ4v) is 3.57. The molecule has 0 bridgehead atoms. The third-order valence-electron chi connectivity index (χ3n) is 4.38. The van der Waals surface area contributed by atoms with Crippen LogP contribution in [0.3, 0.4) is 0 Å². The Hall–Kier alpha value is -1.14. The highest BCUT2D eigenvalue weighted by Gasteiger charge is 2.35. The molecule has 0 amide bonds. The Kier molecular flexibility index (Phi) is 2.79. The van der Waals surface area contributed by atoms with E-state index in [1.54, 1.807) is 6.07 Å². The van der Waals surface area contributed by atoms with Crippen molar-refractivity contribution in [3.8, 4) is 0 Å². The number of hydrogen-bond acceptors (Lipinski definition) is 3. The first-order valence-electron chi connectivity index (χ1n) is 7.00. The molecule has 1 saturated carbocycles. The molecule has 4 nitrogen and oxygen atoms in total. The van der Waals surface area contributed by atoms with Crippen LogP contribution < -0.4 is 5.73 Å². The van der Waals surface area contributed by atoms with E-state index in [0.717, 1.165) is 36.6 Å². The van der Waals surface area contributed by atoms with Crippen LogP contribution in [-0.2, 0) is 0 Å². The van der Waals surface area contributed by atoms with Crippen molar-refractivity contribution in [2.45, 2.75) is 31.3 Å². The molecule has 1 atom stereocenters. The molecular weight excluding hydrogens is 323 g/mol. The van der Waals surface area contributed by atoms with Gasteiger partial charge in [0.15, 0.2) is 0 Å². The summed E-state index contributed by atoms with van der Waals surface area (Å²) >= 11 is 3.20. The Bertz CT molecular complexity index is 679. The Morgan fingerprint density at radius 3 is 2.80 bits per heavy atom. The topological polar surface area (TPSA) is 47.1 Å². The zero-order valence-corrected chi connectivity index (χ0v) is 12.6. The predicted octanol–water partition coefficient (Wildman–Crippen LogP) is 2.93. The molecule has 4 rings (SSSR count). The van der Waals surface area contributed by atoms with E-state index < -0.39 is 0 Å². The number of fused-ring (bicyclic) bond motifs is 1. The molecule has 1 aromatic carbocycles. The second-order valence-corrected chi connectivity index (χ2v) is 6.62. The van der Waals surface area contributed by atoms with Gasteiger partial charge in [0.25, 0.3) is 0 Å². The predicted molar refractivity (Wildman–Crippen MR) is 80.1 cm³/mol. The Balaban J connectivity index is 1.75. The van der Waals surface area contributed by atoms with Gasteiger partial charge in [-0.15, -0.1) is 0 Å². The molecule has 2 aliphatic rings. The van der Waals surface area contributed by atoms with Crippen molar-refractivity contribution < 1.29 is 4.39 Å². The molecule has 2 aromatic rings. The first-order valence-corrected chi connectivity index (χ1v) is 7.79. The van der Waals surface area contributed by atoms with Crippen molar-refractivity contribution >= 4 is 32.9 Å². The minimum Gasteiger partial charge on any atom is -0.369 e. The SMILES string of the molecule is Nc1nc2cc(Br)c(F)cc2n1C1CCN(C2CC2)C1. The number of benzene rings is 1. The van der Waals surface area contributed by atoms with Crippen LogP contribution in [0.5, 0.6) is 0 Å². The summed E-state index contributed by atoms with van der Waals surface area (Å²) in [6, 6.07) is 4.30. The first kappa shape index (κ1) is 12.6. The molecule has 1 aliphatic heterocycles. The third-order valence-corrected chi connectivity index (χ3v) is 4.99. The number of hydrogen-bond donors (Lipinski definition) is 1. The molecule has 6 heteroatoms. The largest absolute Gasteiger partial charge is 0.369 e. The number of aromatic nitrogens is 2. The monoisotopic (exact) mass is 338 g/mol. The third kappa shape index (κ3) is 1.93. The van der Waals surface area contributed by atoms with Crippen LogP contribution in [0, 0.1) is 5.82 Å². The lowest BCUT2D eigenvalue weighted by atomic mass is 10.2. The van der Waals surface area contributed by atoms with Gasteiger partial charge < -0.3 is 10.3 Å². The molecule has 20 heavy (non-hydrogen) atoms. The zero-order chi connectivity index (χ0) is 13.9. The quantitative estimate of drug-likeness (QED) is 0.915. The molecule has 2 heterocycles. The van der Waals surface area contributed by atoms with Crippen LogP contribution in [0.4, 0.5) is 10.3 Å². The van der Waals surface area contributed by atoms with Crippen LogP contribution in [0.2, 0.25) is 0 Å². The molecular formula is C14H16BrFN4. The Morgan fingerprint density at radius 2 is 2.05 bits per heavy atom. The Labute approximate surface area is 124 Å². The van der Waals surface area contributed by atoms with Crippen LogP contribution in [0.1, 0.15) is 25.3 Å². The summed E-state index contributed by atoms with van der Waals surface area (Å²) in [7, 11) is 0. The summed E-state index contributed by atoms with van der Waals surface area (Å²) in [4.78, 5) is 6.89. The fraction of sp³-hybridized carbons (Fsp3) is 0.500. The molecule has 106 valence electrons. The van der Waals surface area contributed by atoms with Gasteiger partial charge >= 0.3 is 0 Å². The number of likely N-dealkylation sites (tertiary alicyclic amines) is 1. The van der Waals surface area contributed by atoms with Crippen LogP contribution in [-0.4, -0.2) is 33.6 Å². The standard InChI is InChI=1S/C14H16BrFN4/c15-10-5-12-13(6-11(10)16)20(14(17)18-12)9-3-4-19(7-9)8-1-2-8/h5-6,8-9H,1-4,7H2,(H2,17,18). The van der Waals surface area contributed by atoms with Crippen molar-refractivity contribution in [1.82, 2.24) is 14.5 Å². The van der Waals surface area contributed by atoms with Crippen molar-refractivity contribution in [2.24, 2.45) is 0 Å². The second kappa shape index (κ2) is 4.43. The van der Waals surface area contributed by atoms with Crippen LogP contribution >= 0.6 is 15.9 Å².